The van der Waals surface area contributed by atoms with Crippen LogP contribution in [-0.4, -0.2) is 17.1 Å². The minimum atomic E-state index is -0.194. The monoisotopic (exact) mass is 231 g/mol. The molecule has 0 saturated heterocycles. The molecule has 2 rings (SSSR count). The summed E-state index contributed by atoms with van der Waals surface area (Å²) in [5.74, 6) is -0.194. The number of rotatable bonds is 3. The normalized spacial score (nSPS) is 10.5. The van der Waals surface area contributed by atoms with Gasteiger partial charge in [-0.05, 0) is 29.1 Å². The molecular weight excluding hydrogens is 222 g/mol. The molecule has 1 N–H and O–H groups in total. The van der Waals surface area contributed by atoms with Crippen molar-refractivity contribution in [3.8, 4) is 0 Å². The minimum absolute atomic E-state index is 0.194. The molecule has 0 radical (unpaired) electrons. The van der Waals surface area contributed by atoms with Crippen LogP contribution in [0.5, 0.6) is 0 Å². The van der Waals surface area contributed by atoms with Crippen molar-refractivity contribution in [2.75, 3.05) is 0 Å². The van der Waals surface area contributed by atoms with Gasteiger partial charge in [0.2, 0.25) is 0 Å². The Kier molecular flexibility index (Phi) is 3.40. The number of thiophene rings is 1. The van der Waals surface area contributed by atoms with Crippen molar-refractivity contribution in [3.63, 3.8) is 0 Å². The van der Waals surface area contributed by atoms with Gasteiger partial charge >= 0.3 is 0 Å². The van der Waals surface area contributed by atoms with Gasteiger partial charge in [-0.2, -0.15) is 5.10 Å². The first-order valence-electron chi connectivity index (χ1n) is 4.63. The number of nitrogens with zero attached hydrogens (tertiary/aromatic N) is 2. The third-order valence-electron chi connectivity index (χ3n) is 1.83. The zero-order valence-electron chi connectivity index (χ0n) is 8.33. The summed E-state index contributed by atoms with van der Waals surface area (Å²) in [5, 5.41) is 5.70. The lowest BCUT2D eigenvalue weighted by Crippen LogP contribution is -2.16. The van der Waals surface area contributed by atoms with Gasteiger partial charge in [0.25, 0.3) is 5.91 Å². The first kappa shape index (κ1) is 10.5. The Balaban J connectivity index is 1.93. The molecule has 0 aliphatic carbocycles. The molecule has 0 saturated carbocycles. The number of hydrogen-bond acceptors (Lipinski definition) is 4. The van der Waals surface area contributed by atoms with E-state index in [2.05, 4.69) is 15.5 Å². The summed E-state index contributed by atoms with van der Waals surface area (Å²) in [6.07, 6.45) is 4.91. The van der Waals surface area contributed by atoms with Crippen LogP contribution in [0.1, 0.15) is 15.2 Å². The van der Waals surface area contributed by atoms with E-state index < -0.39 is 0 Å². The van der Waals surface area contributed by atoms with E-state index in [1.54, 1.807) is 36.8 Å². The highest BCUT2D eigenvalue weighted by molar-refractivity contribution is 7.12. The van der Waals surface area contributed by atoms with Crippen molar-refractivity contribution in [2.45, 2.75) is 0 Å². The molecule has 0 unspecified atom stereocenters. The minimum Gasteiger partial charge on any atom is -0.266 e. The topological polar surface area (TPSA) is 54.4 Å². The predicted molar refractivity (Wildman–Crippen MR) is 63.6 cm³/mol. The van der Waals surface area contributed by atoms with Gasteiger partial charge in [0.15, 0.2) is 0 Å². The molecule has 0 aromatic carbocycles. The third kappa shape index (κ3) is 2.74. The van der Waals surface area contributed by atoms with Crippen LogP contribution < -0.4 is 5.43 Å². The van der Waals surface area contributed by atoms with Crippen LogP contribution in [-0.2, 0) is 0 Å². The average molecular weight is 231 g/mol. The van der Waals surface area contributed by atoms with Crippen molar-refractivity contribution in [1.29, 1.82) is 0 Å². The van der Waals surface area contributed by atoms with Crippen LogP contribution in [0.15, 0.2) is 47.1 Å². The molecule has 5 heteroatoms. The molecule has 0 bridgehead atoms. The van der Waals surface area contributed by atoms with E-state index in [0.717, 1.165) is 5.56 Å². The number of carbonyl (C=O) groups excluding carboxylic acids is 1. The zero-order chi connectivity index (χ0) is 11.2. The summed E-state index contributed by atoms with van der Waals surface area (Å²) in [7, 11) is 0. The summed E-state index contributed by atoms with van der Waals surface area (Å²) in [6, 6.07) is 7.19. The van der Waals surface area contributed by atoms with Gasteiger partial charge in [-0.25, -0.2) is 5.43 Å². The van der Waals surface area contributed by atoms with Crippen molar-refractivity contribution in [3.05, 3.63) is 52.5 Å². The van der Waals surface area contributed by atoms with E-state index in [4.69, 9.17) is 0 Å². The van der Waals surface area contributed by atoms with Gasteiger partial charge in [0, 0.05) is 12.4 Å². The van der Waals surface area contributed by atoms with Gasteiger partial charge in [0.1, 0.15) is 0 Å². The molecule has 16 heavy (non-hydrogen) atoms. The molecule has 0 fully saturated rings. The number of hydrogen-bond donors (Lipinski definition) is 1. The summed E-state index contributed by atoms with van der Waals surface area (Å²) >= 11 is 1.38. The molecule has 80 valence electrons. The second-order valence-electron chi connectivity index (χ2n) is 2.96. The van der Waals surface area contributed by atoms with Crippen LogP contribution in [0, 0.1) is 0 Å². The standard InChI is InChI=1S/C11H9N3OS/c15-11(10-2-1-7-16-10)14-13-8-9-3-5-12-6-4-9/h1-8H,(H,14,15)/b13-8-. The SMILES string of the molecule is O=C(N/N=C\c1ccncc1)c1cccs1. The van der Waals surface area contributed by atoms with E-state index in [0.29, 0.717) is 4.88 Å². The molecule has 2 aromatic rings. The van der Waals surface area contributed by atoms with Crippen LogP contribution in [0.3, 0.4) is 0 Å². The molecule has 1 amide bonds. The van der Waals surface area contributed by atoms with Crippen molar-refractivity contribution in [2.24, 2.45) is 5.10 Å². The lowest BCUT2D eigenvalue weighted by Gasteiger charge is -1.95. The highest BCUT2D eigenvalue weighted by Crippen LogP contribution is 2.07. The van der Waals surface area contributed by atoms with Crippen LogP contribution in [0.4, 0.5) is 0 Å². The number of nitrogens with one attached hydrogen (secondary N) is 1. The Labute approximate surface area is 96.7 Å². The van der Waals surface area contributed by atoms with Crippen LogP contribution in [0.2, 0.25) is 0 Å². The number of pyridine rings is 1. The summed E-state index contributed by atoms with van der Waals surface area (Å²) < 4.78 is 0. The highest BCUT2D eigenvalue weighted by Gasteiger charge is 2.03. The van der Waals surface area contributed by atoms with Gasteiger partial charge in [-0.3, -0.25) is 9.78 Å². The Morgan fingerprint density at radius 1 is 1.38 bits per heavy atom. The second-order valence-corrected chi connectivity index (χ2v) is 3.90. The molecular formula is C11H9N3OS. The van der Waals surface area contributed by atoms with Gasteiger partial charge in [0.05, 0.1) is 11.1 Å². The van der Waals surface area contributed by atoms with Gasteiger partial charge in [-0.1, -0.05) is 6.07 Å². The van der Waals surface area contributed by atoms with Crippen molar-refractivity contribution >= 4 is 23.5 Å². The first-order valence-corrected chi connectivity index (χ1v) is 5.51. The molecule has 4 nitrogen and oxygen atoms in total. The van der Waals surface area contributed by atoms with Crippen LogP contribution in [0.25, 0.3) is 0 Å². The van der Waals surface area contributed by atoms with Crippen molar-refractivity contribution in [1.82, 2.24) is 10.4 Å². The van der Waals surface area contributed by atoms with E-state index >= 15 is 0 Å². The fraction of sp³-hybridized carbons (Fsp3) is 0. The summed E-state index contributed by atoms with van der Waals surface area (Å²) in [4.78, 5) is 16.0. The second kappa shape index (κ2) is 5.18. The van der Waals surface area contributed by atoms with E-state index in [9.17, 15) is 4.79 Å². The fourth-order valence-electron chi connectivity index (χ4n) is 1.08. The number of aromatic nitrogens is 1. The smallest absolute Gasteiger partial charge is 0.266 e. The molecule has 0 aliphatic rings. The van der Waals surface area contributed by atoms with Crippen LogP contribution >= 0.6 is 11.3 Å². The molecule has 0 atom stereocenters. The van der Waals surface area contributed by atoms with E-state index in [1.165, 1.54) is 11.3 Å². The highest BCUT2D eigenvalue weighted by atomic mass is 32.1. The average Bonchev–Trinajstić information content (AvgIpc) is 2.84. The molecule has 2 aromatic heterocycles. The maximum absolute atomic E-state index is 11.5. The largest absolute Gasteiger partial charge is 0.281 e. The lowest BCUT2D eigenvalue weighted by molar-refractivity contribution is 0.0959. The molecule has 0 aliphatic heterocycles. The predicted octanol–water partition coefficient (Wildman–Crippen LogP) is 1.91. The quantitative estimate of drug-likeness (QED) is 0.648. The van der Waals surface area contributed by atoms with Crippen molar-refractivity contribution < 1.29 is 4.79 Å². The maximum atomic E-state index is 11.5. The van der Waals surface area contributed by atoms with E-state index in [-0.39, 0.29) is 5.91 Å². The number of hydrazone groups is 1. The zero-order valence-corrected chi connectivity index (χ0v) is 9.15. The number of amides is 1. The molecule has 0 spiro atoms. The number of carbonyl (C=O) groups is 1. The Morgan fingerprint density at radius 2 is 2.19 bits per heavy atom. The Bertz CT molecular complexity index is 479. The first-order chi connectivity index (χ1) is 7.86. The molecule has 2 heterocycles. The van der Waals surface area contributed by atoms with E-state index in [1.807, 2.05) is 11.4 Å². The lowest BCUT2D eigenvalue weighted by atomic mass is 10.3. The maximum Gasteiger partial charge on any atom is 0.281 e. The third-order valence-corrected chi connectivity index (χ3v) is 2.70. The van der Waals surface area contributed by atoms with Gasteiger partial charge in [-0.15, -0.1) is 11.3 Å². The Hall–Kier alpha value is -2.01. The Morgan fingerprint density at radius 3 is 2.88 bits per heavy atom. The fourth-order valence-corrected chi connectivity index (χ4v) is 1.69. The summed E-state index contributed by atoms with van der Waals surface area (Å²) in [6.45, 7) is 0. The van der Waals surface area contributed by atoms with Gasteiger partial charge < -0.3 is 0 Å². The summed E-state index contributed by atoms with van der Waals surface area (Å²) in [5.41, 5.74) is 3.34.